The molecule has 3 N–H and O–H groups in total. The van der Waals surface area contributed by atoms with E-state index in [1.165, 1.54) is 12.1 Å². The summed E-state index contributed by atoms with van der Waals surface area (Å²) in [5.41, 5.74) is 6.84. The minimum absolute atomic E-state index is 0.00566. The number of anilines is 1. The van der Waals surface area contributed by atoms with Crippen molar-refractivity contribution >= 4 is 27.4 Å². The van der Waals surface area contributed by atoms with Crippen molar-refractivity contribution in [1.82, 2.24) is 10.1 Å². The van der Waals surface area contributed by atoms with Gasteiger partial charge in [-0.25, -0.2) is 13.1 Å². The number of benzene rings is 1. The van der Waals surface area contributed by atoms with Crippen LogP contribution in [-0.2, 0) is 16.4 Å². The summed E-state index contributed by atoms with van der Waals surface area (Å²) in [6.07, 6.45) is 3.58. The molecule has 2 aromatic rings. The van der Waals surface area contributed by atoms with Gasteiger partial charge in [0, 0.05) is 24.4 Å². The molecule has 1 saturated carbocycles. The summed E-state index contributed by atoms with van der Waals surface area (Å²) in [5.74, 6) is 0.190. The van der Waals surface area contributed by atoms with Gasteiger partial charge in [0.05, 0.1) is 16.1 Å². The van der Waals surface area contributed by atoms with Crippen LogP contribution >= 0.6 is 0 Å². The molecule has 0 bridgehead atoms. The highest BCUT2D eigenvalue weighted by atomic mass is 32.2. The number of nitrogens with one attached hydrogen (secondary N) is 3. The topological polar surface area (TPSA) is 118 Å². The molecule has 1 fully saturated rings. The molecule has 1 amide bonds. The number of furan rings is 1. The predicted octanol–water partition coefficient (Wildman–Crippen LogP) is 2.30. The highest BCUT2D eigenvalue weighted by Crippen LogP contribution is 2.29. The number of carbonyl (C=O) groups is 2. The molecule has 9 heteroatoms. The zero-order valence-electron chi connectivity index (χ0n) is 15.4. The highest BCUT2D eigenvalue weighted by molar-refractivity contribution is 7.89. The molecule has 4 rings (SSSR count). The number of carbonyl (C=O) groups excluding carboxylic acids is 2. The van der Waals surface area contributed by atoms with Crippen LogP contribution in [0.4, 0.5) is 5.69 Å². The summed E-state index contributed by atoms with van der Waals surface area (Å²) in [6.45, 7) is 1.70. The molecular weight excluding hydrogens is 382 g/mol. The number of hydrazine groups is 1. The lowest BCUT2D eigenvalue weighted by atomic mass is 9.94. The van der Waals surface area contributed by atoms with Crippen LogP contribution in [0.1, 0.15) is 57.9 Å². The van der Waals surface area contributed by atoms with E-state index in [2.05, 4.69) is 15.6 Å². The fourth-order valence-electron chi connectivity index (χ4n) is 3.26. The molecule has 148 valence electrons. The summed E-state index contributed by atoms with van der Waals surface area (Å²) >= 11 is 0. The number of Topliss-reactive ketones (excluding diaryl/α,β-unsaturated/α-hetero) is 1. The summed E-state index contributed by atoms with van der Waals surface area (Å²) in [4.78, 5) is 24.6. The lowest BCUT2D eigenvalue weighted by Crippen LogP contribution is -2.29. The first-order valence-electron chi connectivity index (χ1n) is 9.19. The maximum atomic E-state index is 12.4. The molecule has 8 nitrogen and oxygen atoms in total. The fraction of sp³-hybridized carbons (Fsp3) is 0.368. The van der Waals surface area contributed by atoms with Gasteiger partial charge in [-0.1, -0.05) is 0 Å². The van der Waals surface area contributed by atoms with Crippen LogP contribution in [0.3, 0.4) is 0 Å². The number of fused-ring (bicyclic) bond motifs is 1. The first kappa shape index (κ1) is 18.7. The summed E-state index contributed by atoms with van der Waals surface area (Å²) in [5, 5.41) is 0. The van der Waals surface area contributed by atoms with Crippen molar-refractivity contribution in [3.05, 3.63) is 46.9 Å². The third kappa shape index (κ3) is 3.67. The average molecular weight is 403 g/mol. The molecule has 1 aromatic carbocycles. The molecule has 2 aliphatic carbocycles. The molecule has 0 radical (unpaired) electrons. The molecule has 0 spiro atoms. The molecule has 0 unspecified atom stereocenters. The molecule has 2 aliphatic rings. The first-order chi connectivity index (χ1) is 13.3. The van der Waals surface area contributed by atoms with E-state index in [9.17, 15) is 18.0 Å². The van der Waals surface area contributed by atoms with Crippen LogP contribution in [0.25, 0.3) is 0 Å². The Morgan fingerprint density at radius 3 is 2.50 bits per heavy atom. The Hall–Kier alpha value is -2.65. The van der Waals surface area contributed by atoms with E-state index in [1.54, 1.807) is 19.1 Å². The Morgan fingerprint density at radius 2 is 1.86 bits per heavy atom. The number of sulfonamides is 1. The van der Waals surface area contributed by atoms with Gasteiger partial charge in [0.2, 0.25) is 10.0 Å². The van der Waals surface area contributed by atoms with Gasteiger partial charge in [-0.3, -0.25) is 20.4 Å². The third-order valence-corrected chi connectivity index (χ3v) is 6.43. The van der Waals surface area contributed by atoms with Crippen LogP contribution in [-0.4, -0.2) is 26.2 Å². The van der Waals surface area contributed by atoms with Crippen LogP contribution in [0.5, 0.6) is 0 Å². The van der Waals surface area contributed by atoms with Crippen molar-refractivity contribution in [2.45, 2.75) is 50.0 Å². The number of aryl methyl sites for hydroxylation is 1. The molecular formula is C19H21N3O5S. The zero-order chi connectivity index (χ0) is 19.9. The van der Waals surface area contributed by atoms with Gasteiger partial charge >= 0.3 is 5.91 Å². The smallest absolute Gasteiger partial charge is 0.305 e. The van der Waals surface area contributed by atoms with Crippen LogP contribution in [0.2, 0.25) is 0 Å². The van der Waals surface area contributed by atoms with Crippen LogP contribution in [0, 0.1) is 6.92 Å². The second-order valence-electron chi connectivity index (χ2n) is 7.13. The number of rotatable bonds is 6. The predicted molar refractivity (Wildman–Crippen MR) is 102 cm³/mol. The van der Waals surface area contributed by atoms with Gasteiger partial charge in [-0.15, -0.1) is 0 Å². The fourth-order valence-corrected chi connectivity index (χ4v) is 4.56. The minimum atomic E-state index is -3.51. The van der Waals surface area contributed by atoms with Crippen LogP contribution in [0.15, 0.2) is 33.6 Å². The standard InChI is InChI=1S/C19H21N3O5S/c1-11-17-15(23)3-2-4-16(17)27-18(11)19(24)21-20-12-7-9-14(10-8-12)28(25,26)22-13-5-6-13/h7-10,13,20,22H,2-6H2,1H3,(H,21,24). The Kier molecular flexibility index (Phi) is 4.72. The highest BCUT2D eigenvalue weighted by Gasteiger charge is 2.29. The van der Waals surface area contributed by atoms with E-state index < -0.39 is 15.9 Å². The SMILES string of the molecule is Cc1c(C(=O)NNc2ccc(S(=O)(=O)NC3CC3)cc2)oc2c1C(=O)CCC2. The minimum Gasteiger partial charge on any atom is -0.455 e. The average Bonchev–Trinajstić information content (AvgIpc) is 3.40. The Labute approximate surface area is 162 Å². The van der Waals surface area contributed by atoms with Gasteiger partial charge in [0.1, 0.15) is 5.76 Å². The number of hydrogen-bond donors (Lipinski definition) is 3. The number of ketones is 1. The first-order valence-corrected chi connectivity index (χ1v) is 10.7. The van der Waals surface area contributed by atoms with Crippen molar-refractivity contribution in [3.8, 4) is 0 Å². The van der Waals surface area contributed by atoms with Crippen molar-refractivity contribution in [2.75, 3.05) is 5.43 Å². The second-order valence-corrected chi connectivity index (χ2v) is 8.84. The molecule has 1 aromatic heterocycles. The lowest BCUT2D eigenvalue weighted by molar-refractivity contribution is 0.0928. The lowest BCUT2D eigenvalue weighted by Gasteiger charge is -2.09. The Bertz CT molecular complexity index is 1040. The normalized spacial score (nSPS) is 16.5. The van der Waals surface area contributed by atoms with Gasteiger partial charge in [-0.2, -0.15) is 0 Å². The van der Waals surface area contributed by atoms with Crippen molar-refractivity contribution < 1.29 is 22.4 Å². The number of hydrogen-bond acceptors (Lipinski definition) is 6. The van der Waals surface area contributed by atoms with E-state index in [-0.39, 0.29) is 22.5 Å². The monoisotopic (exact) mass is 403 g/mol. The van der Waals surface area contributed by atoms with Crippen molar-refractivity contribution in [3.63, 3.8) is 0 Å². The molecule has 28 heavy (non-hydrogen) atoms. The van der Waals surface area contributed by atoms with E-state index in [0.29, 0.717) is 35.4 Å². The van der Waals surface area contributed by atoms with Crippen molar-refractivity contribution in [2.24, 2.45) is 0 Å². The Morgan fingerprint density at radius 1 is 1.14 bits per heavy atom. The van der Waals surface area contributed by atoms with E-state index in [1.807, 2.05) is 0 Å². The molecule has 0 aliphatic heterocycles. The van der Waals surface area contributed by atoms with E-state index in [0.717, 1.165) is 19.3 Å². The number of amides is 1. The maximum Gasteiger partial charge on any atom is 0.305 e. The maximum absolute atomic E-state index is 12.4. The molecule has 1 heterocycles. The van der Waals surface area contributed by atoms with Gasteiger partial charge < -0.3 is 4.42 Å². The zero-order valence-corrected chi connectivity index (χ0v) is 16.2. The summed E-state index contributed by atoms with van der Waals surface area (Å²) in [6, 6.07) is 6.09. The molecule has 0 saturated heterocycles. The van der Waals surface area contributed by atoms with E-state index in [4.69, 9.17) is 4.42 Å². The molecule has 0 atom stereocenters. The van der Waals surface area contributed by atoms with Crippen molar-refractivity contribution in [1.29, 1.82) is 0 Å². The van der Waals surface area contributed by atoms with Crippen LogP contribution < -0.4 is 15.6 Å². The van der Waals surface area contributed by atoms with E-state index >= 15 is 0 Å². The van der Waals surface area contributed by atoms with Gasteiger partial charge in [0.15, 0.2) is 11.5 Å². The van der Waals surface area contributed by atoms with Gasteiger partial charge in [0.25, 0.3) is 0 Å². The third-order valence-electron chi connectivity index (χ3n) is 4.90. The Balaban J connectivity index is 1.42. The second kappa shape index (κ2) is 7.06. The van der Waals surface area contributed by atoms with Gasteiger partial charge in [-0.05, 0) is 50.5 Å². The largest absolute Gasteiger partial charge is 0.455 e. The summed E-state index contributed by atoms with van der Waals surface area (Å²) < 4.78 is 32.5. The quantitative estimate of drug-likeness (QED) is 0.637. The summed E-state index contributed by atoms with van der Waals surface area (Å²) in [7, 11) is -3.51.